The van der Waals surface area contributed by atoms with Gasteiger partial charge in [-0.3, -0.25) is 0 Å². The lowest BCUT2D eigenvalue weighted by molar-refractivity contribution is 0.602. The molecule has 0 aliphatic carbocycles. The number of benzene rings is 2. The maximum atomic E-state index is 13.5. The van der Waals surface area contributed by atoms with Crippen LogP contribution in [-0.2, 0) is 0 Å². The van der Waals surface area contributed by atoms with E-state index in [9.17, 15) is 4.39 Å². The van der Waals surface area contributed by atoms with E-state index >= 15 is 0 Å². The van der Waals surface area contributed by atoms with Gasteiger partial charge < -0.3 is 5.32 Å². The van der Waals surface area contributed by atoms with Crippen molar-refractivity contribution in [1.82, 2.24) is 5.32 Å². The molecule has 0 aromatic heterocycles. The molecule has 1 nitrogen and oxygen atoms in total. The van der Waals surface area contributed by atoms with E-state index in [1.165, 1.54) is 12.1 Å². The van der Waals surface area contributed by atoms with E-state index in [-0.39, 0.29) is 11.9 Å². The standard InChI is InChI=1S/C16H16BrClFN/c1-3-20-16(13-8-11(17)5-4-10(13)2)14-9-12(19)6-7-15(14)18/h4-9,16,20H,3H2,1-2H3. The van der Waals surface area contributed by atoms with Crippen molar-refractivity contribution in [2.75, 3.05) is 6.54 Å². The summed E-state index contributed by atoms with van der Waals surface area (Å²) in [5.74, 6) is -0.278. The Morgan fingerprint density at radius 1 is 1.20 bits per heavy atom. The Morgan fingerprint density at radius 3 is 2.65 bits per heavy atom. The summed E-state index contributed by atoms with van der Waals surface area (Å²) in [6, 6.07) is 10.4. The van der Waals surface area contributed by atoms with E-state index in [0.29, 0.717) is 5.02 Å². The molecule has 0 bridgehead atoms. The SMILES string of the molecule is CCNC(c1cc(Br)ccc1C)c1cc(F)ccc1Cl. The molecule has 0 aliphatic rings. The molecular weight excluding hydrogens is 341 g/mol. The molecule has 0 spiro atoms. The minimum atomic E-state index is -0.278. The van der Waals surface area contributed by atoms with Crippen LogP contribution in [0.5, 0.6) is 0 Å². The first-order valence-electron chi connectivity index (χ1n) is 6.47. The highest BCUT2D eigenvalue weighted by molar-refractivity contribution is 9.10. The van der Waals surface area contributed by atoms with Crippen LogP contribution in [0.2, 0.25) is 5.02 Å². The molecule has 0 fully saturated rings. The fourth-order valence-corrected chi connectivity index (χ4v) is 2.86. The summed E-state index contributed by atoms with van der Waals surface area (Å²) in [6.45, 7) is 4.83. The monoisotopic (exact) mass is 355 g/mol. The second-order valence-corrected chi connectivity index (χ2v) is 5.98. The summed E-state index contributed by atoms with van der Waals surface area (Å²) in [6.07, 6.45) is 0. The topological polar surface area (TPSA) is 12.0 Å². The molecule has 0 amide bonds. The molecule has 2 rings (SSSR count). The van der Waals surface area contributed by atoms with E-state index in [0.717, 1.165) is 27.7 Å². The second-order valence-electron chi connectivity index (χ2n) is 4.66. The van der Waals surface area contributed by atoms with Gasteiger partial charge in [0.2, 0.25) is 0 Å². The summed E-state index contributed by atoms with van der Waals surface area (Å²) in [7, 11) is 0. The quantitative estimate of drug-likeness (QED) is 0.789. The second kappa shape index (κ2) is 6.70. The fraction of sp³-hybridized carbons (Fsp3) is 0.250. The van der Waals surface area contributed by atoms with E-state index in [4.69, 9.17) is 11.6 Å². The van der Waals surface area contributed by atoms with Crippen LogP contribution in [0.1, 0.15) is 29.7 Å². The molecular formula is C16H16BrClFN. The van der Waals surface area contributed by atoms with E-state index in [1.807, 2.05) is 32.0 Å². The minimum Gasteiger partial charge on any atom is -0.306 e. The number of halogens is 3. The zero-order valence-corrected chi connectivity index (χ0v) is 13.7. The maximum absolute atomic E-state index is 13.5. The Morgan fingerprint density at radius 2 is 1.95 bits per heavy atom. The Bertz CT molecular complexity index is 564. The van der Waals surface area contributed by atoms with Gasteiger partial charge in [-0.1, -0.05) is 40.5 Å². The van der Waals surface area contributed by atoms with Crippen LogP contribution >= 0.6 is 27.5 Å². The average molecular weight is 357 g/mol. The first-order chi connectivity index (χ1) is 9.52. The van der Waals surface area contributed by atoms with Crippen molar-refractivity contribution in [3.63, 3.8) is 0 Å². The number of aryl methyl sites for hydroxylation is 1. The Kier molecular flexibility index (Phi) is 5.19. The first kappa shape index (κ1) is 15.5. The predicted octanol–water partition coefficient (Wildman–Crippen LogP) is 5.25. The predicted molar refractivity (Wildman–Crippen MR) is 85.8 cm³/mol. The van der Waals surface area contributed by atoms with E-state index in [1.54, 1.807) is 6.07 Å². The van der Waals surface area contributed by atoms with Crippen molar-refractivity contribution in [3.05, 3.63) is 68.4 Å². The van der Waals surface area contributed by atoms with Crippen molar-refractivity contribution in [3.8, 4) is 0 Å². The van der Waals surface area contributed by atoms with Gasteiger partial charge in [0.05, 0.1) is 6.04 Å². The molecule has 1 atom stereocenters. The lowest BCUT2D eigenvalue weighted by Gasteiger charge is -2.22. The summed E-state index contributed by atoms with van der Waals surface area (Å²) in [5.41, 5.74) is 2.99. The third-order valence-corrected chi connectivity index (χ3v) is 4.07. The van der Waals surface area contributed by atoms with Crippen LogP contribution in [0.3, 0.4) is 0 Å². The van der Waals surface area contributed by atoms with Gasteiger partial charge in [0, 0.05) is 9.50 Å². The summed E-state index contributed by atoms with van der Waals surface area (Å²) in [4.78, 5) is 0. The normalized spacial score (nSPS) is 12.4. The van der Waals surface area contributed by atoms with Crippen LogP contribution < -0.4 is 5.32 Å². The van der Waals surface area contributed by atoms with Gasteiger partial charge in [-0.25, -0.2) is 4.39 Å². The van der Waals surface area contributed by atoms with Gasteiger partial charge >= 0.3 is 0 Å². The molecule has 4 heteroatoms. The molecule has 2 aromatic carbocycles. The highest BCUT2D eigenvalue weighted by Crippen LogP contribution is 2.32. The molecule has 0 saturated carbocycles. The third kappa shape index (κ3) is 3.40. The van der Waals surface area contributed by atoms with Gasteiger partial charge in [0.15, 0.2) is 0 Å². The smallest absolute Gasteiger partial charge is 0.123 e. The van der Waals surface area contributed by atoms with Crippen molar-refractivity contribution in [2.24, 2.45) is 0 Å². The van der Waals surface area contributed by atoms with E-state index < -0.39 is 0 Å². The number of nitrogens with one attached hydrogen (secondary N) is 1. The van der Waals surface area contributed by atoms with Gasteiger partial charge in [0.25, 0.3) is 0 Å². The third-order valence-electron chi connectivity index (χ3n) is 3.23. The molecule has 0 saturated heterocycles. The molecule has 106 valence electrons. The van der Waals surface area contributed by atoms with Crippen molar-refractivity contribution in [1.29, 1.82) is 0 Å². The van der Waals surface area contributed by atoms with Crippen LogP contribution in [0, 0.1) is 12.7 Å². The first-order valence-corrected chi connectivity index (χ1v) is 7.64. The summed E-state index contributed by atoms with van der Waals surface area (Å²) < 4.78 is 14.5. The van der Waals surface area contributed by atoms with E-state index in [2.05, 4.69) is 21.2 Å². The number of hydrogen-bond acceptors (Lipinski definition) is 1. The maximum Gasteiger partial charge on any atom is 0.123 e. The van der Waals surface area contributed by atoms with Crippen LogP contribution in [0.4, 0.5) is 4.39 Å². The van der Waals surface area contributed by atoms with Crippen LogP contribution in [-0.4, -0.2) is 6.54 Å². The van der Waals surface area contributed by atoms with Gasteiger partial charge in [0.1, 0.15) is 5.82 Å². The molecule has 0 aliphatic heterocycles. The van der Waals surface area contributed by atoms with Crippen LogP contribution in [0.25, 0.3) is 0 Å². The Labute approximate surface area is 132 Å². The van der Waals surface area contributed by atoms with Gasteiger partial charge in [-0.15, -0.1) is 0 Å². The summed E-state index contributed by atoms with van der Waals surface area (Å²) in [5, 5.41) is 3.95. The molecule has 2 aromatic rings. The zero-order chi connectivity index (χ0) is 14.7. The fourth-order valence-electron chi connectivity index (χ4n) is 2.25. The largest absolute Gasteiger partial charge is 0.306 e. The highest BCUT2D eigenvalue weighted by atomic mass is 79.9. The van der Waals surface area contributed by atoms with Crippen molar-refractivity contribution in [2.45, 2.75) is 19.9 Å². The zero-order valence-electron chi connectivity index (χ0n) is 11.4. The van der Waals surface area contributed by atoms with Crippen molar-refractivity contribution >= 4 is 27.5 Å². The lowest BCUT2D eigenvalue weighted by Crippen LogP contribution is -2.23. The number of hydrogen-bond donors (Lipinski definition) is 1. The molecule has 1 N–H and O–H groups in total. The molecule has 20 heavy (non-hydrogen) atoms. The van der Waals surface area contributed by atoms with Crippen LogP contribution in [0.15, 0.2) is 40.9 Å². The number of rotatable bonds is 4. The highest BCUT2D eigenvalue weighted by Gasteiger charge is 2.19. The lowest BCUT2D eigenvalue weighted by atomic mass is 9.95. The summed E-state index contributed by atoms with van der Waals surface area (Å²) >= 11 is 9.74. The molecule has 0 radical (unpaired) electrons. The molecule has 1 unspecified atom stereocenters. The minimum absolute atomic E-state index is 0.124. The van der Waals surface area contributed by atoms with Gasteiger partial charge in [-0.2, -0.15) is 0 Å². The Balaban J connectivity index is 2.55. The average Bonchev–Trinajstić information content (AvgIpc) is 2.42. The molecule has 0 heterocycles. The van der Waals surface area contributed by atoms with Crippen molar-refractivity contribution < 1.29 is 4.39 Å². The Hall–Kier alpha value is -0.900. The van der Waals surface area contributed by atoms with Gasteiger partial charge in [-0.05, 0) is 60.5 Å².